The average Bonchev–Trinajstić information content (AvgIpc) is 3.11. The molecule has 0 radical (unpaired) electrons. The Bertz CT molecular complexity index is 765. The molecular formula is C21H24N2O2S. The number of carbonyl (C=O) groups is 2. The zero-order valence-corrected chi connectivity index (χ0v) is 15.6. The standard InChI is InChI=1S/C21H24N2O2S/c24-19(22-11-8-16-5-2-1-3-6-16)17-15-21(17)9-12-23(13-10-21)20(25)18-7-4-14-26-18/h1-7,14,17H,8-13,15H2,(H,22,24). The van der Waals surface area contributed by atoms with Crippen molar-refractivity contribution in [3.63, 3.8) is 0 Å². The normalized spacial score (nSPS) is 20.8. The molecule has 4 nitrogen and oxygen atoms in total. The predicted octanol–water partition coefficient (Wildman–Crippen LogP) is 3.35. The summed E-state index contributed by atoms with van der Waals surface area (Å²) in [5.74, 6) is 0.468. The Morgan fingerprint density at radius 3 is 2.58 bits per heavy atom. The number of hydrogen-bond donors (Lipinski definition) is 1. The van der Waals surface area contributed by atoms with Crippen molar-refractivity contribution in [1.29, 1.82) is 0 Å². The highest BCUT2D eigenvalue weighted by atomic mass is 32.1. The van der Waals surface area contributed by atoms with E-state index in [9.17, 15) is 9.59 Å². The van der Waals surface area contributed by atoms with Gasteiger partial charge in [-0.1, -0.05) is 36.4 Å². The van der Waals surface area contributed by atoms with Gasteiger partial charge in [0.05, 0.1) is 4.88 Å². The van der Waals surface area contributed by atoms with Crippen LogP contribution in [0.25, 0.3) is 0 Å². The first kappa shape index (κ1) is 17.3. The SMILES string of the molecule is O=C(NCCc1ccccc1)C1CC12CCN(C(=O)c1cccs1)CC2. The summed E-state index contributed by atoms with van der Waals surface area (Å²) >= 11 is 1.50. The smallest absolute Gasteiger partial charge is 0.263 e. The van der Waals surface area contributed by atoms with Crippen LogP contribution in [0.5, 0.6) is 0 Å². The molecule has 1 atom stereocenters. The fourth-order valence-electron chi connectivity index (χ4n) is 4.08. The van der Waals surface area contributed by atoms with Gasteiger partial charge in [0.15, 0.2) is 0 Å². The number of rotatable bonds is 5. The van der Waals surface area contributed by atoms with Crippen LogP contribution >= 0.6 is 11.3 Å². The van der Waals surface area contributed by atoms with Crippen molar-refractivity contribution < 1.29 is 9.59 Å². The van der Waals surface area contributed by atoms with E-state index in [0.29, 0.717) is 6.54 Å². The highest BCUT2D eigenvalue weighted by Crippen LogP contribution is 2.59. The van der Waals surface area contributed by atoms with Crippen LogP contribution < -0.4 is 5.32 Å². The summed E-state index contributed by atoms with van der Waals surface area (Å²) in [6.45, 7) is 2.23. The van der Waals surface area contributed by atoms with Gasteiger partial charge in [0, 0.05) is 25.6 Å². The Morgan fingerprint density at radius 1 is 1.12 bits per heavy atom. The molecule has 1 unspecified atom stereocenters. The third-order valence-corrected chi connectivity index (χ3v) is 6.70. The quantitative estimate of drug-likeness (QED) is 0.880. The molecule has 2 aromatic rings. The van der Waals surface area contributed by atoms with Gasteiger partial charge in [-0.25, -0.2) is 0 Å². The third-order valence-electron chi connectivity index (χ3n) is 5.84. The molecule has 1 saturated carbocycles. The molecular weight excluding hydrogens is 344 g/mol. The molecule has 2 fully saturated rings. The number of nitrogens with one attached hydrogen (secondary N) is 1. The first-order valence-electron chi connectivity index (χ1n) is 9.32. The first-order chi connectivity index (χ1) is 12.7. The van der Waals surface area contributed by atoms with Crippen molar-refractivity contribution in [3.05, 3.63) is 58.3 Å². The highest BCUT2D eigenvalue weighted by Gasteiger charge is 2.58. The summed E-state index contributed by atoms with van der Waals surface area (Å²) in [5, 5.41) is 5.04. The van der Waals surface area contributed by atoms with Crippen LogP contribution in [-0.2, 0) is 11.2 Å². The van der Waals surface area contributed by atoms with E-state index in [2.05, 4.69) is 17.4 Å². The Balaban J connectivity index is 1.23. The Labute approximate surface area is 158 Å². The molecule has 136 valence electrons. The number of likely N-dealkylation sites (tertiary alicyclic amines) is 1. The molecule has 1 aliphatic heterocycles. The van der Waals surface area contributed by atoms with Gasteiger partial charge in [0.25, 0.3) is 5.91 Å². The maximum absolute atomic E-state index is 12.5. The summed E-state index contributed by atoms with van der Waals surface area (Å²) in [6, 6.07) is 14.0. The van der Waals surface area contributed by atoms with Crippen LogP contribution in [-0.4, -0.2) is 36.3 Å². The molecule has 4 rings (SSSR count). The summed E-state index contributed by atoms with van der Waals surface area (Å²) < 4.78 is 0. The van der Waals surface area contributed by atoms with Crippen molar-refractivity contribution in [1.82, 2.24) is 10.2 Å². The number of thiophene rings is 1. The van der Waals surface area contributed by atoms with E-state index < -0.39 is 0 Å². The Hall–Kier alpha value is -2.14. The molecule has 2 amide bonds. The monoisotopic (exact) mass is 368 g/mol. The summed E-state index contributed by atoms with van der Waals surface area (Å²) in [6.07, 6.45) is 3.74. The first-order valence-corrected chi connectivity index (χ1v) is 10.2. The van der Waals surface area contributed by atoms with Gasteiger partial charge < -0.3 is 10.2 Å². The molecule has 1 spiro atoms. The molecule has 1 aliphatic carbocycles. The lowest BCUT2D eigenvalue weighted by molar-refractivity contribution is -0.123. The van der Waals surface area contributed by atoms with Crippen LogP contribution in [0.1, 0.15) is 34.5 Å². The Morgan fingerprint density at radius 2 is 1.88 bits per heavy atom. The van der Waals surface area contributed by atoms with Crippen molar-refractivity contribution in [2.75, 3.05) is 19.6 Å². The van der Waals surface area contributed by atoms with E-state index in [-0.39, 0.29) is 23.1 Å². The van der Waals surface area contributed by atoms with Gasteiger partial charge in [-0.05, 0) is 48.1 Å². The van der Waals surface area contributed by atoms with E-state index in [4.69, 9.17) is 0 Å². The molecule has 1 aromatic heterocycles. The molecule has 1 aromatic carbocycles. The van der Waals surface area contributed by atoms with Crippen molar-refractivity contribution >= 4 is 23.2 Å². The van der Waals surface area contributed by atoms with Gasteiger partial charge >= 0.3 is 0 Å². The van der Waals surface area contributed by atoms with E-state index in [1.165, 1.54) is 16.9 Å². The van der Waals surface area contributed by atoms with Gasteiger partial charge in [0.1, 0.15) is 0 Å². The van der Waals surface area contributed by atoms with Crippen LogP contribution in [0.4, 0.5) is 0 Å². The lowest BCUT2D eigenvalue weighted by Gasteiger charge is -2.32. The zero-order valence-electron chi connectivity index (χ0n) is 14.8. The van der Waals surface area contributed by atoms with Gasteiger partial charge in [0.2, 0.25) is 5.91 Å². The van der Waals surface area contributed by atoms with Crippen molar-refractivity contribution in [2.24, 2.45) is 11.3 Å². The van der Waals surface area contributed by atoms with E-state index >= 15 is 0 Å². The minimum absolute atomic E-state index is 0.136. The zero-order chi connectivity index (χ0) is 18.0. The lowest BCUT2D eigenvalue weighted by atomic mass is 9.90. The van der Waals surface area contributed by atoms with Crippen molar-refractivity contribution in [3.8, 4) is 0 Å². The topological polar surface area (TPSA) is 49.4 Å². The third kappa shape index (κ3) is 3.54. The second-order valence-corrected chi connectivity index (χ2v) is 8.36. The number of carbonyl (C=O) groups excluding carboxylic acids is 2. The number of benzene rings is 1. The van der Waals surface area contributed by atoms with Gasteiger partial charge in [-0.15, -0.1) is 11.3 Å². The van der Waals surface area contributed by atoms with E-state index in [1.807, 2.05) is 40.6 Å². The predicted molar refractivity (Wildman–Crippen MR) is 103 cm³/mol. The van der Waals surface area contributed by atoms with Crippen LogP contribution in [0.2, 0.25) is 0 Å². The minimum Gasteiger partial charge on any atom is -0.356 e. The number of nitrogens with zero attached hydrogens (tertiary/aromatic N) is 1. The highest BCUT2D eigenvalue weighted by molar-refractivity contribution is 7.12. The molecule has 1 N–H and O–H groups in total. The molecule has 2 aliphatic rings. The second kappa shape index (κ2) is 7.23. The molecule has 0 bridgehead atoms. The fraction of sp³-hybridized carbons (Fsp3) is 0.429. The largest absolute Gasteiger partial charge is 0.356 e. The van der Waals surface area contributed by atoms with Crippen LogP contribution in [0, 0.1) is 11.3 Å². The molecule has 26 heavy (non-hydrogen) atoms. The maximum atomic E-state index is 12.5. The van der Waals surface area contributed by atoms with Gasteiger partial charge in [-0.3, -0.25) is 9.59 Å². The summed E-state index contributed by atoms with van der Waals surface area (Å²) in [7, 11) is 0. The minimum atomic E-state index is 0.136. The van der Waals surface area contributed by atoms with Crippen LogP contribution in [0.3, 0.4) is 0 Å². The Kier molecular flexibility index (Phi) is 4.81. The molecule has 5 heteroatoms. The van der Waals surface area contributed by atoms with Crippen LogP contribution in [0.15, 0.2) is 47.8 Å². The molecule has 2 heterocycles. The van der Waals surface area contributed by atoms with E-state index in [1.54, 1.807) is 0 Å². The number of amides is 2. The average molecular weight is 369 g/mol. The second-order valence-electron chi connectivity index (χ2n) is 7.42. The number of hydrogen-bond acceptors (Lipinski definition) is 3. The lowest BCUT2D eigenvalue weighted by Crippen LogP contribution is -2.40. The maximum Gasteiger partial charge on any atom is 0.263 e. The number of piperidine rings is 1. The summed E-state index contributed by atoms with van der Waals surface area (Å²) in [4.78, 5) is 27.7. The van der Waals surface area contributed by atoms with Gasteiger partial charge in [-0.2, -0.15) is 0 Å². The summed E-state index contributed by atoms with van der Waals surface area (Å²) in [5.41, 5.74) is 1.39. The molecule has 1 saturated heterocycles. The van der Waals surface area contributed by atoms with E-state index in [0.717, 1.165) is 43.6 Å². The van der Waals surface area contributed by atoms with Crippen molar-refractivity contribution in [2.45, 2.75) is 25.7 Å². The fourth-order valence-corrected chi connectivity index (χ4v) is 4.77.